The SMILES string of the molecule is C=C1C(=CC=C2CCC[C@]3(C)C(CC)=CCC23)CC(O)(ON(CC(F)(F)F)C(C)=O)C[C@@H]1O. The van der Waals surface area contributed by atoms with Crippen LogP contribution < -0.4 is 0 Å². The van der Waals surface area contributed by atoms with Gasteiger partial charge in [0.05, 0.1) is 6.10 Å². The first-order valence-corrected chi connectivity index (χ1v) is 11.5. The second kappa shape index (κ2) is 9.39. The molecule has 0 aromatic rings. The average Bonchev–Trinajstić information content (AvgIpc) is 3.04. The molecule has 2 fully saturated rings. The monoisotopic (exact) mass is 469 g/mol. The molecule has 2 unspecified atom stereocenters. The molecule has 3 aliphatic carbocycles. The smallest absolute Gasteiger partial charge is 0.388 e. The number of rotatable bonds is 5. The quantitative estimate of drug-likeness (QED) is 0.333. The van der Waals surface area contributed by atoms with E-state index in [4.69, 9.17) is 4.84 Å². The molecule has 0 saturated heterocycles. The Hall–Kier alpha value is -1.90. The van der Waals surface area contributed by atoms with Gasteiger partial charge in [0, 0.05) is 19.8 Å². The van der Waals surface area contributed by atoms with E-state index < -0.39 is 30.5 Å². The van der Waals surface area contributed by atoms with Gasteiger partial charge in [-0.1, -0.05) is 49.8 Å². The number of hydrogen-bond acceptors (Lipinski definition) is 4. The minimum absolute atomic E-state index is 0.0972. The van der Waals surface area contributed by atoms with Crippen molar-refractivity contribution in [1.82, 2.24) is 5.06 Å². The molecule has 5 nitrogen and oxygen atoms in total. The van der Waals surface area contributed by atoms with Crippen molar-refractivity contribution in [3.8, 4) is 0 Å². The molecular weight excluding hydrogens is 435 g/mol. The first kappa shape index (κ1) is 25.7. The zero-order valence-corrected chi connectivity index (χ0v) is 19.5. The summed E-state index contributed by atoms with van der Waals surface area (Å²) in [5.41, 5.74) is 3.80. The highest BCUT2D eigenvalue weighted by atomic mass is 19.4. The molecule has 0 heterocycles. The van der Waals surface area contributed by atoms with Gasteiger partial charge in [0.25, 0.3) is 0 Å². The molecule has 3 aliphatic rings. The predicted octanol–water partition coefficient (Wildman–Crippen LogP) is 5.13. The first-order chi connectivity index (χ1) is 15.3. The third-order valence-corrected chi connectivity index (χ3v) is 7.34. The minimum atomic E-state index is -4.69. The number of allylic oxidation sites excluding steroid dienone is 5. The van der Waals surface area contributed by atoms with Crippen LogP contribution in [-0.2, 0) is 9.63 Å². The number of carbonyl (C=O) groups excluding carboxylic acids is 1. The number of alkyl halides is 3. The lowest BCUT2D eigenvalue weighted by Gasteiger charge is -2.41. The Morgan fingerprint density at radius 1 is 1.39 bits per heavy atom. The fraction of sp³-hybridized carbons (Fsp3) is 0.640. The number of fused-ring (bicyclic) bond motifs is 1. The van der Waals surface area contributed by atoms with E-state index in [0.29, 0.717) is 17.1 Å². The minimum Gasteiger partial charge on any atom is -0.388 e. The van der Waals surface area contributed by atoms with Crippen LogP contribution in [0, 0.1) is 11.3 Å². The van der Waals surface area contributed by atoms with E-state index in [-0.39, 0.29) is 23.3 Å². The van der Waals surface area contributed by atoms with E-state index in [1.807, 2.05) is 6.08 Å². The van der Waals surface area contributed by atoms with Gasteiger partial charge in [-0.25, -0.2) is 9.90 Å². The summed E-state index contributed by atoms with van der Waals surface area (Å²) < 4.78 is 38.5. The normalized spacial score (nSPS) is 35.0. The van der Waals surface area contributed by atoms with Gasteiger partial charge >= 0.3 is 6.18 Å². The van der Waals surface area contributed by atoms with Gasteiger partial charge in [-0.15, -0.1) is 0 Å². The highest BCUT2D eigenvalue weighted by molar-refractivity contribution is 5.72. The molecule has 8 heteroatoms. The van der Waals surface area contributed by atoms with Crippen molar-refractivity contribution >= 4 is 5.91 Å². The number of hydrogen-bond donors (Lipinski definition) is 2. The zero-order valence-electron chi connectivity index (χ0n) is 19.5. The van der Waals surface area contributed by atoms with E-state index in [0.717, 1.165) is 39.0 Å². The maximum absolute atomic E-state index is 12.8. The molecule has 3 rings (SSSR count). The Bertz CT molecular complexity index is 891. The molecular formula is C25H34F3NO4. The van der Waals surface area contributed by atoms with Gasteiger partial charge in [-0.2, -0.15) is 13.2 Å². The summed E-state index contributed by atoms with van der Waals surface area (Å²) in [5, 5.41) is 21.4. The van der Waals surface area contributed by atoms with Crippen molar-refractivity contribution in [2.24, 2.45) is 11.3 Å². The summed E-state index contributed by atoms with van der Waals surface area (Å²) >= 11 is 0. The summed E-state index contributed by atoms with van der Waals surface area (Å²) in [5.74, 6) is -2.75. The molecule has 0 radical (unpaired) electrons. The van der Waals surface area contributed by atoms with Gasteiger partial charge in [-0.05, 0) is 54.6 Å². The largest absolute Gasteiger partial charge is 0.408 e. The standard InChI is InChI=1S/C25H34F3NO4/c1-5-20-10-11-21-18(7-6-12-23(20,21)4)8-9-19-13-24(32,14-22(31)16(19)2)33-29(17(3)30)15-25(26,27)28/h8-10,21-22,31-32H,2,5-7,11-15H2,1,3-4H3/t21?,22-,23+,24?/m0/s1. The molecule has 184 valence electrons. The van der Waals surface area contributed by atoms with E-state index in [2.05, 4.69) is 26.5 Å². The Balaban J connectivity index is 1.82. The van der Waals surface area contributed by atoms with Crippen LogP contribution in [0.1, 0.15) is 65.7 Å². The predicted molar refractivity (Wildman–Crippen MR) is 118 cm³/mol. The number of halogens is 3. The Kier molecular flexibility index (Phi) is 7.32. The summed E-state index contributed by atoms with van der Waals surface area (Å²) in [6.07, 6.45) is 4.84. The second-order valence-electron chi connectivity index (χ2n) is 9.71. The number of carbonyl (C=O) groups is 1. The van der Waals surface area contributed by atoms with E-state index >= 15 is 0 Å². The third kappa shape index (κ3) is 5.61. The Morgan fingerprint density at radius 3 is 2.70 bits per heavy atom. The number of hydroxylamine groups is 2. The Labute approximate surface area is 193 Å². The summed E-state index contributed by atoms with van der Waals surface area (Å²) in [7, 11) is 0. The van der Waals surface area contributed by atoms with Crippen LogP contribution in [0.5, 0.6) is 0 Å². The highest BCUT2D eigenvalue weighted by Gasteiger charge is 2.45. The van der Waals surface area contributed by atoms with Gasteiger partial charge in [-0.3, -0.25) is 4.79 Å². The van der Waals surface area contributed by atoms with Crippen molar-refractivity contribution in [3.05, 3.63) is 47.1 Å². The van der Waals surface area contributed by atoms with Crippen LogP contribution in [0.15, 0.2) is 47.1 Å². The topological polar surface area (TPSA) is 70.0 Å². The Morgan fingerprint density at radius 2 is 2.09 bits per heavy atom. The second-order valence-corrected chi connectivity index (χ2v) is 9.71. The lowest BCUT2D eigenvalue weighted by molar-refractivity contribution is -0.341. The summed E-state index contributed by atoms with van der Waals surface area (Å²) in [6, 6.07) is 0. The van der Waals surface area contributed by atoms with Crippen molar-refractivity contribution < 1.29 is 33.0 Å². The van der Waals surface area contributed by atoms with Gasteiger partial charge in [0.1, 0.15) is 6.54 Å². The van der Waals surface area contributed by atoms with Crippen LogP contribution in [-0.4, -0.2) is 45.8 Å². The lowest BCUT2D eigenvalue weighted by atomic mass is 9.64. The first-order valence-electron chi connectivity index (χ1n) is 11.5. The number of amides is 1. The van der Waals surface area contributed by atoms with Gasteiger partial charge < -0.3 is 10.2 Å². The van der Waals surface area contributed by atoms with E-state index in [1.165, 1.54) is 11.1 Å². The number of nitrogens with zero attached hydrogens (tertiary/aromatic N) is 1. The fourth-order valence-electron chi connectivity index (χ4n) is 5.60. The zero-order chi connectivity index (χ0) is 24.6. The van der Waals surface area contributed by atoms with Gasteiger partial charge in [0.2, 0.25) is 5.91 Å². The lowest BCUT2D eigenvalue weighted by Crippen LogP contribution is -2.50. The molecule has 33 heavy (non-hydrogen) atoms. The molecule has 0 aromatic heterocycles. The molecule has 4 atom stereocenters. The van der Waals surface area contributed by atoms with E-state index in [9.17, 15) is 28.2 Å². The molecule has 0 spiro atoms. The van der Waals surface area contributed by atoms with Crippen LogP contribution in [0.4, 0.5) is 13.2 Å². The molecule has 2 N–H and O–H groups in total. The van der Waals surface area contributed by atoms with Crippen LogP contribution >= 0.6 is 0 Å². The molecule has 0 aliphatic heterocycles. The fourth-order valence-corrected chi connectivity index (χ4v) is 5.60. The summed E-state index contributed by atoms with van der Waals surface area (Å²) in [4.78, 5) is 16.8. The number of aliphatic hydroxyl groups excluding tert-OH is 1. The molecule has 0 aromatic carbocycles. The van der Waals surface area contributed by atoms with Gasteiger partial charge in [0.15, 0.2) is 5.79 Å². The van der Waals surface area contributed by atoms with Crippen molar-refractivity contribution in [2.45, 2.75) is 83.8 Å². The van der Waals surface area contributed by atoms with Crippen molar-refractivity contribution in [3.63, 3.8) is 0 Å². The van der Waals surface area contributed by atoms with E-state index in [1.54, 1.807) is 6.08 Å². The van der Waals surface area contributed by atoms with Crippen LogP contribution in [0.3, 0.4) is 0 Å². The van der Waals surface area contributed by atoms with Crippen molar-refractivity contribution in [1.29, 1.82) is 0 Å². The molecule has 2 saturated carbocycles. The van der Waals surface area contributed by atoms with Crippen LogP contribution in [0.2, 0.25) is 0 Å². The average molecular weight is 470 g/mol. The third-order valence-electron chi connectivity index (χ3n) is 7.34. The van der Waals surface area contributed by atoms with Crippen LogP contribution in [0.25, 0.3) is 0 Å². The summed E-state index contributed by atoms with van der Waals surface area (Å²) in [6.45, 7) is 7.66. The molecule has 0 bridgehead atoms. The highest BCUT2D eigenvalue weighted by Crippen LogP contribution is 2.55. The number of aliphatic hydroxyl groups is 2. The van der Waals surface area contributed by atoms with Crippen molar-refractivity contribution in [2.75, 3.05) is 6.54 Å². The maximum Gasteiger partial charge on any atom is 0.408 e. The molecule has 1 amide bonds. The maximum atomic E-state index is 12.8.